The maximum atomic E-state index is 13.6. The smallest absolute Gasteiger partial charge is 0.354 e. The second kappa shape index (κ2) is 4.04. The van der Waals surface area contributed by atoms with E-state index in [1.807, 2.05) is 0 Å². The maximum Gasteiger partial charge on any atom is 0.354 e. The molecule has 1 aromatic heterocycles. The summed E-state index contributed by atoms with van der Waals surface area (Å²) >= 11 is 0. The van der Waals surface area contributed by atoms with Crippen LogP contribution in [0.5, 0.6) is 0 Å². The molecule has 0 aliphatic heterocycles. The SMILES string of the molecule is [2H]C([2H])([2H])NC(=O)c1cc(C(=O)O)nc(C)c1F. The Morgan fingerprint density at radius 1 is 1.67 bits per heavy atom. The Hall–Kier alpha value is -1.98. The molecule has 2 N–H and O–H groups in total. The summed E-state index contributed by atoms with van der Waals surface area (Å²) < 4.78 is 34.0. The number of carboxylic acids is 1. The molecule has 15 heavy (non-hydrogen) atoms. The Bertz CT molecular complexity index is 517. The molecular formula is C9H9FN2O3. The Morgan fingerprint density at radius 2 is 2.33 bits per heavy atom. The predicted molar refractivity (Wildman–Crippen MR) is 49.3 cm³/mol. The van der Waals surface area contributed by atoms with E-state index in [1.165, 1.54) is 6.92 Å². The van der Waals surface area contributed by atoms with E-state index in [4.69, 9.17) is 9.22 Å². The average Bonchev–Trinajstić information content (AvgIpc) is 2.18. The van der Waals surface area contributed by atoms with Crippen molar-refractivity contribution < 1.29 is 23.2 Å². The number of halogens is 1. The van der Waals surface area contributed by atoms with Crippen molar-refractivity contribution >= 4 is 11.9 Å². The molecule has 0 aliphatic carbocycles. The molecule has 1 amide bonds. The third-order valence-electron chi connectivity index (χ3n) is 1.70. The van der Waals surface area contributed by atoms with E-state index in [-0.39, 0.29) is 5.69 Å². The zero-order valence-corrected chi connectivity index (χ0v) is 7.67. The van der Waals surface area contributed by atoms with Gasteiger partial charge in [0.1, 0.15) is 5.69 Å². The maximum absolute atomic E-state index is 13.6. The number of rotatable bonds is 2. The van der Waals surface area contributed by atoms with Gasteiger partial charge in [-0.1, -0.05) is 0 Å². The molecule has 1 rings (SSSR count). The summed E-state index contributed by atoms with van der Waals surface area (Å²) in [4.78, 5) is 25.6. The predicted octanol–water partition coefficient (Wildman–Crippen LogP) is 0.587. The van der Waals surface area contributed by atoms with Crippen LogP contribution in [0.25, 0.3) is 0 Å². The summed E-state index contributed by atoms with van der Waals surface area (Å²) in [6.07, 6.45) is 0. The number of carbonyl (C=O) groups is 2. The highest BCUT2D eigenvalue weighted by molar-refractivity contribution is 5.96. The van der Waals surface area contributed by atoms with Gasteiger partial charge < -0.3 is 10.4 Å². The van der Waals surface area contributed by atoms with Gasteiger partial charge in [-0.15, -0.1) is 0 Å². The van der Waals surface area contributed by atoms with Gasteiger partial charge in [0.2, 0.25) is 0 Å². The quantitative estimate of drug-likeness (QED) is 0.756. The van der Waals surface area contributed by atoms with E-state index in [1.54, 1.807) is 5.32 Å². The highest BCUT2D eigenvalue weighted by Crippen LogP contribution is 2.12. The topological polar surface area (TPSA) is 79.3 Å². The number of aromatic nitrogens is 1. The number of nitrogens with one attached hydrogen (secondary N) is 1. The van der Waals surface area contributed by atoms with Crippen LogP contribution in [0.4, 0.5) is 4.39 Å². The molecule has 1 aromatic rings. The second-order valence-corrected chi connectivity index (χ2v) is 2.71. The van der Waals surface area contributed by atoms with Gasteiger partial charge in [-0.2, -0.15) is 0 Å². The van der Waals surface area contributed by atoms with Crippen molar-refractivity contribution in [1.82, 2.24) is 10.3 Å². The molecule has 80 valence electrons. The Labute approximate surface area is 89.2 Å². The Kier molecular flexibility index (Phi) is 1.97. The third kappa shape index (κ3) is 2.09. The molecule has 0 radical (unpaired) electrons. The van der Waals surface area contributed by atoms with E-state index >= 15 is 0 Å². The van der Waals surface area contributed by atoms with E-state index in [0.717, 1.165) is 0 Å². The fraction of sp³-hybridized carbons (Fsp3) is 0.222. The molecule has 1 heterocycles. The lowest BCUT2D eigenvalue weighted by atomic mass is 10.1. The van der Waals surface area contributed by atoms with Gasteiger partial charge >= 0.3 is 5.97 Å². The largest absolute Gasteiger partial charge is 0.477 e. The first kappa shape index (κ1) is 7.33. The van der Waals surface area contributed by atoms with Crippen LogP contribution in [0.2, 0.25) is 0 Å². The van der Waals surface area contributed by atoms with Crippen LogP contribution in [0, 0.1) is 12.7 Å². The minimum Gasteiger partial charge on any atom is -0.477 e. The lowest BCUT2D eigenvalue weighted by Gasteiger charge is -2.05. The van der Waals surface area contributed by atoms with Crippen LogP contribution in [0.3, 0.4) is 0 Å². The molecule has 0 aliphatic rings. The molecule has 0 unspecified atom stereocenters. The molecule has 6 heteroatoms. The van der Waals surface area contributed by atoms with Crippen LogP contribution in [-0.2, 0) is 0 Å². The van der Waals surface area contributed by atoms with Gasteiger partial charge in [-0.25, -0.2) is 14.2 Å². The van der Waals surface area contributed by atoms with Crippen molar-refractivity contribution in [3.05, 3.63) is 28.8 Å². The van der Waals surface area contributed by atoms with Crippen LogP contribution in [-0.4, -0.2) is 28.9 Å². The number of hydrogen-bond acceptors (Lipinski definition) is 3. The van der Waals surface area contributed by atoms with Crippen LogP contribution < -0.4 is 5.32 Å². The first-order valence-corrected chi connectivity index (χ1v) is 3.85. The molecule has 0 spiro atoms. The molecule has 0 aromatic carbocycles. The molecule has 0 bridgehead atoms. The zero-order chi connectivity index (χ0) is 14.1. The van der Waals surface area contributed by atoms with E-state index in [2.05, 4.69) is 4.98 Å². The number of aromatic carboxylic acids is 1. The molecular weight excluding hydrogens is 203 g/mol. The van der Waals surface area contributed by atoms with Crippen molar-refractivity contribution in [1.29, 1.82) is 0 Å². The summed E-state index contributed by atoms with van der Waals surface area (Å²) in [5.41, 5.74) is -1.51. The summed E-state index contributed by atoms with van der Waals surface area (Å²) in [6, 6.07) is 0.686. The van der Waals surface area contributed by atoms with Crippen molar-refractivity contribution in [3.63, 3.8) is 0 Å². The molecule has 0 saturated carbocycles. The van der Waals surface area contributed by atoms with Crippen LogP contribution in [0.1, 0.15) is 30.7 Å². The highest BCUT2D eigenvalue weighted by atomic mass is 19.1. The van der Waals surface area contributed by atoms with Crippen LogP contribution >= 0.6 is 0 Å². The highest BCUT2D eigenvalue weighted by Gasteiger charge is 2.17. The molecule has 5 nitrogen and oxygen atoms in total. The average molecular weight is 215 g/mol. The zero-order valence-electron chi connectivity index (χ0n) is 10.7. The monoisotopic (exact) mass is 215 g/mol. The number of carbonyl (C=O) groups excluding carboxylic acids is 1. The van der Waals surface area contributed by atoms with Gasteiger partial charge in [0.15, 0.2) is 5.82 Å². The molecule has 0 atom stereocenters. The minimum absolute atomic E-state index is 0.300. The van der Waals surface area contributed by atoms with Gasteiger partial charge in [-0.05, 0) is 13.0 Å². The summed E-state index contributed by atoms with van der Waals surface area (Å²) in [6.45, 7) is -1.61. The fourth-order valence-corrected chi connectivity index (χ4v) is 0.999. The molecule has 0 saturated heterocycles. The number of carboxylic acid groups (broad SMARTS) is 1. The second-order valence-electron chi connectivity index (χ2n) is 2.71. The van der Waals surface area contributed by atoms with Crippen molar-refractivity contribution in [3.8, 4) is 0 Å². The summed E-state index contributed by atoms with van der Waals surface area (Å²) in [5, 5.41) is 10.3. The fourth-order valence-electron chi connectivity index (χ4n) is 0.999. The standard InChI is InChI=1S/C9H9FN2O3/c1-4-7(10)5(8(13)11-2)3-6(12-4)9(14)15/h3H,1-2H3,(H,11,13)(H,14,15)/i2D3. The van der Waals surface area contributed by atoms with Crippen molar-refractivity contribution in [2.45, 2.75) is 6.92 Å². The minimum atomic E-state index is -2.79. The lowest BCUT2D eigenvalue weighted by Crippen LogP contribution is -2.21. The van der Waals surface area contributed by atoms with Gasteiger partial charge in [0.05, 0.1) is 11.3 Å². The van der Waals surface area contributed by atoms with Crippen molar-refractivity contribution in [2.24, 2.45) is 0 Å². The number of amides is 1. The normalized spacial score (nSPS) is 13.6. The van der Waals surface area contributed by atoms with E-state index in [0.29, 0.717) is 6.07 Å². The van der Waals surface area contributed by atoms with E-state index < -0.39 is 35.9 Å². The first-order chi connectivity index (χ1) is 8.11. The third-order valence-corrected chi connectivity index (χ3v) is 1.70. The summed E-state index contributed by atoms with van der Waals surface area (Å²) in [5.74, 6) is -3.72. The summed E-state index contributed by atoms with van der Waals surface area (Å²) in [7, 11) is 0. The van der Waals surface area contributed by atoms with Gasteiger partial charge in [0, 0.05) is 11.1 Å². The number of pyridine rings is 1. The van der Waals surface area contributed by atoms with Gasteiger partial charge in [-0.3, -0.25) is 4.79 Å². The first-order valence-electron chi connectivity index (χ1n) is 5.35. The van der Waals surface area contributed by atoms with Crippen LogP contribution in [0.15, 0.2) is 6.07 Å². The van der Waals surface area contributed by atoms with Crippen molar-refractivity contribution in [2.75, 3.05) is 6.98 Å². The lowest BCUT2D eigenvalue weighted by molar-refractivity contribution is 0.0690. The van der Waals surface area contributed by atoms with E-state index in [9.17, 15) is 14.0 Å². The number of aryl methyl sites for hydroxylation is 1. The molecule has 0 fully saturated rings. The van der Waals surface area contributed by atoms with Gasteiger partial charge in [0.25, 0.3) is 5.91 Å². The number of hydrogen-bond donors (Lipinski definition) is 2. The Morgan fingerprint density at radius 3 is 2.87 bits per heavy atom. The Balaban J connectivity index is 3.23. The number of nitrogens with zero attached hydrogens (tertiary/aromatic N) is 1.